The fourth-order valence-electron chi connectivity index (χ4n) is 1.86. The van der Waals surface area contributed by atoms with E-state index in [2.05, 4.69) is 17.2 Å². The average Bonchev–Trinajstić information content (AvgIpc) is 2.89. The Kier molecular flexibility index (Phi) is 4.27. The first-order valence-electron chi connectivity index (χ1n) is 6.13. The molecule has 2 rings (SSSR count). The normalized spacial score (nSPS) is 14.3. The lowest BCUT2D eigenvalue weighted by atomic mass is 9.99. The molecule has 0 aliphatic heterocycles. The second-order valence-corrected chi connectivity index (χ2v) is 5.55. The van der Waals surface area contributed by atoms with Crippen LogP contribution in [0.5, 0.6) is 0 Å². The zero-order valence-electron chi connectivity index (χ0n) is 10.9. The number of hydrogen-bond acceptors (Lipinski definition) is 3. The molecule has 102 valence electrons. The highest BCUT2D eigenvalue weighted by atomic mass is 32.1. The Labute approximate surface area is 115 Å². The van der Waals surface area contributed by atoms with Crippen LogP contribution in [0.15, 0.2) is 29.8 Å². The van der Waals surface area contributed by atoms with E-state index in [1.807, 2.05) is 12.3 Å². The molecule has 1 heterocycles. The average molecular weight is 282 g/mol. The second kappa shape index (κ2) is 5.75. The van der Waals surface area contributed by atoms with Crippen LogP contribution < -0.4 is 5.32 Å². The molecule has 0 aliphatic rings. The van der Waals surface area contributed by atoms with Crippen molar-refractivity contribution in [2.45, 2.75) is 32.4 Å². The third-order valence-electron chi connectivity index (χ3n) is 3.22. The number of thiazole rings is 1. The monoisotopic (exact) mass is 282 g/mol. The van der Waals surface area contributed by atoms with E-state index >= 15 is 0 Å². The van der Waals surface area contributed by atoms with Crippen LogP contribution in [0.3, 0.4) is 0 Å². The van der Waals surface area contributed by atoms with Crippen molar-refractivity contribution in [1.82, 2.24) is 10.3 Å². The summed E-state index contributed by atoms with van der Waals surface area (Å²) < 4.78 is 26.3. The fraction of sp³-hybridized carbons (Fsp3) is 0.357. The standard InChI is InChI=1S/C14H16F2N2S/c1-3-14(2,13-17-4-5-19-13)18-9-10-6-11(15)8-12(16)7-10/h4-8,18H,3,9H2,1-2H3/t14-/m1/s1. The maximum atomic E-state index is 13.1. The quantitative estimate of drug-likeness (QED) is 0.901. The Morgan fingerprint density at radius 3 is 2.47 bits per heavy atom. The van der Waals surface area contributed by atoms with Crippen molar-refractivity contribution in [2.75, 3.05) is 0 Å². The highest BCUT2D eigenvalue weighted by molar-refractivity contribution is 7.09. The molecule has 0 saturated carbocycles. The van der Waals surface area contributed by atoms with Crippen molar-refractivity contribution in [3.8, 4) is 0 Å². The predicted molar refractivity (Wildman–Crippen MR) is 73.0 cm³/mol. The second-order valence-electron chi connectivity index (χ2n) is 4.65. The molecule has 1 aromatic heterocycles. The molecule has 0 saturated heterocycles. The number of hydrogen-bond donors (Lipinski definition) is 1. The van der Waals surface area contributed by atoms with Crippen LogP contribution in [0.2, 0.25) is 0 Å². The van der Waals surface area contributed by atoms with Gasteiger partial charge in [0, 0.05) is 24.2 Å². The van der Waals surface area contributed by atoms with Gasteiger partial charge in [-0.05, 0) is 31.0 Å². The van der Waals surface area contributed by atoms with Gasteiger partial charge in [0.2, 0.25) is 0 Å². The number of nitrogens with one attached hydrogen (secondary N) is 1. The van der Waals surface area contributed by atoms with E-state index in [1.54, 1.807) is 17.5 Å². The van der Waals surface area contributed by atoms with Crippen molar-refractivity contribution in [3.63, 3.8) is 0 Å². The summed E-state index contributed by atoms with van der Waals surface area (Å²) in [6.07, 6.45) is 2.61. The maximum absolute atomic E-state index is 13.1. The summed E-state index contributed by atoms with van der Waals surface area (Å²) in [5.41, 5.74) is 0.311. The molecular formula is C14H16F2N2S. The van der Waals surface area contributed by atoms with Gasteiger partial charge in [0.1, 0.15) is 16.6 Å². The first-order chi connectivity index (χ1) is 9.03. The van der Waals surface area contributed by atoms with Crippen molar-refractivity contribution >= 4 is 11.3 Å². The lowest BCUT2D eigenvalue weighted by Gasteiger charge is -2.27. The number of rotatable bonds is 5. The van der Waals surface area contributed by atoms with Crippen LogP contribution >= 0.6 is 11.3 Å². The number of aromatic nitrogens is 1. The van der Waals surface area contributed by atoms with Gasteiger partial charge in [0.15, 0.2) is 0 Å². The molecule has 0 spiro atoms. The van der Waals surface area contributed by atoms with E-state index < -0.39 is 11.6 Å². The summed E-state index contributed by atoms with van der Waals surface area (Å²) in [7, 11) is 0. The smallest absolute Gasteiger partial charge is 0.126 e. The summed E-state index contributed by atoms with van der Waals surface area (Å²) in [5, 5.41) is 6.24. The molecule has 2 aromatic rings. The topological polar surface area (TPSA) is 24.9 Å². The summed E-state index contributed by atoms with van der Waals surface area (Å²) >= 11 is 1.57. The summed E-state index contributed by atoms with van der Waals surface area (Å²) in [4.78, 5) is 4.31. The van der Waals surface area contributed by atoms with E-state index in [0.29, 0.717) is 12.1 Å². The lowest BCUT2D eigenvalue weighted by molar-refractivity contribution is 0.349. The molecule has 0 aliphatic carbocycles. The molecule has 0 radical (unpaired) electrons. The minimum atomic E-state index is -0.552. The van der Waals surface area contributed by atoms with E-state index in [0.717, 1.165) is 17.5 Å². The summed E-state index contributed by atoms with van der Waals surface area (Å²) in [6.45, 7) is 4.50. The van der Waals surface area contributed by atoms with Gasteiger partial charge >= 0.3 is 0 Å². The van der Waals surface area contributed by atoms with Crippen LogP contribution in [0.1, 0.15) is 30.8 Å². The number of nitrogens with zero attached hydrogens (tertiary/aromatic N) is 1. The van der Waals surface area contributed by atoms with Crippen LogP contribution in [0.4, 0.5) is 8.78 Å². The predicted octanol–water partition coefficient (Wildman–Crippen LogP) is 3.84. The Morgan fingerprint density at radius 2 is 1.95 bits per heavy atom. The molecule has 0 bridgehead atoms. The third-order valence-corrected chi connectivity index (χ3v) is 4.25. The Bertz CT molecular complexity index is 522. The maximum Gasteiger partial charge on any atom is 0.126 e. The highest BCUT2D eigenvalue weighted by Gasteiger charge is 2.26. The Balaban J connectivity index is 2.12. The molecule has 1 atom stereocenters. The Morgan fingerprint density at radius 1 is 1.26 bits per heavy atom. The van der Waals surface area contributed by atoms with Gasteiger partial charge in [-0.3, -0.25) is 0 Å². The minimum Gasteiger partial charge on any atom is -0.302 e. The van der Waals surface area contributed by atoms with Gasteiger partial charge in [-0.15, -0.1) is 11.3 Å². The van der Waals surface area contributed by atoms with E-state index in [9.17, 15) is 8.78 Å². The van der Waals surface area contributed by atoms with E-state index in [4.69, 9.17) is 0 Å². The van der Waals surface area contributed by atoms with Gasteiger partial charge in [0.25, 0.3) is 0 Å². The van der Waals surface area contributed by atoms with Gasteiger partial charge < -0.3 is 5.32 Å². The summed E-state index contributed by atoms with van der Waals surface area (Å²) in [5.74, 6) is -1.10. The van der Waals surface area contributed by atoms with Gasteiger partial charge in [-0.2, -0.15) is 0 Å². The van der Waals surface area contributed by atoms with Crippen molar-refractivity contribution in [3.05, 3.63) is 52.0 Å². The van der Waals surface area contributed by atoms with Crippen molar-refractivity contribution < 1.29 is 8.78 Å². The van der Waals surface area contributed by atoms with Gasteiger partial charge in [-0.25, -0.2) is 13.8 Å². The largest absolute Gasteiger partial charge is 0.302 e. The van der Waals surface area contributed by atoms with Crippen LogP contribution in [-0.2, 0) is 12.1 Å². The molecule has 19 heavy (non-hydrogen) atoms. The van der Waals surface area contributed by atoms with Crippen LogP contribution in [-0.4, -0.2) is 4.98 Å². The minimum absolute atomic E-state index is 0.281. The molecule has 5 heteroatoms. The molecule has 1 N–H and O–H groups in total. The number of halogens is 2. The third kappa shape index (κ3) is 3.36. The first-order valence-corrected chi connectivity index (χ1v) is 7.01. The fourth-order valence-corrected chi connectivity index (χ4v) is 2.71. The lowest BCUT2D eigenvalue weighted by Crippen LogP contribution is -2.38. The molecule has 0 fully saturated rings. The van der Waals surface area contributed by atoms with E-state index in [1.165, 1.54) is 12.1 Å². The van der Waals surface area contributed by atoms with Crippen LogP contribution in [0.25, 0.3) is 0 Å². The van der Waals surface area contributed by atoms with Crippen molar-refractivity contribution in [2.24, 2.45) is 0 Å². The zero-order valence-corrected chi connectivity index (χ0v) is 11.7. The van der Waals surface area contributed by atoms with Crippen molar-refractivity contribution in [1.29, 1.82) is 0 Å². The zero-order chi connectivity index (χ0) is 13.9. The number of benzene rings is 1. The summed E-state index contributed by atoms with van der Waals surface area (Å²) in [6, 6.07) is 3.56. The molecule has 2 nitrogen and oxygen atoms in total. The van der Waals surface area contributed by atoms with E-state index in [-0.39, 0.29) is 5.54 Å². The molecule has 0 unspecified atom stereocenters. The van der Waals surface area contributed by atoms with Crippen LogP contribution in [0, 0.1) is 11.6 Å². The molecular weight excluding hydrogens is 266 g/mol. The molecule has 1 aromatic carbocycles. The Hall–Kier alpha value is -1.33. The highest BCUT2D eigenvalue weighted by Crippen LogP contribution is 2.26. The first kappa shape index (κ1) is 14.1. The molecule has 0 amide bonds. The SMILES string of the molecule is CC[C@@](C)(NCc1cc(F)cc(F)c1)c1nccs1. The van der Waals surface area contributed by atoms with Gasteiger partial charge in [0.05, 0.1) is 5.54 Å². The van der Waals surface area contributed by atoms with Gasteiger partial charge in [-0.1, -0.05) is 6.92 Å².